The molecule has 7 nitrogen and oxygen atoms in total. The van der Waals surface area contributed by atoms with Crippen LogP contribution in [0.5, 0.6) is 0 Å². The fourth-order valence-corrected chi connectivity index (χ4v) is 3.94. The number of hydrogen-bond donors (Lipinski definition) is 0. The molecule has 2 aromatic heterocycles. The third-order valence-electron chi connectivity index (χ3n) is 5.35. The van der Waals surface area contributed by atoms with Gasteiger partial charge in [0.25, 0.3) is 5.91 Å². The predicted molar refractivity (Wildman–Crippen MR) is 99.1 cm³/mol. The summed E-state index contributed by atoms with van der Waals surface area (Å²) in [5.74, 6) is 0.0270. The van der Waals surface area contributed by atoms with E-state index in [9.17, 15) is 4.79 Å². The lowest BCUT2D eigenvalue weighted by Gasteiger charge is -2.31. The molecule has 2 saturated heterocycles. The second-order valence-corrected chi connectivity index (χ2v) is 7.38. The fraction of sp³-hybridized carbons (Fsp3) is 0.632. The highest BCUT2D eigenvalue weighted by Crippen LogP contribution is 2.16. The number of rotatable bonds is 3. The third kappa shape index (κ3) is 3.73. The van der Waals surface area contributed by atoms with Crippen LogP contribution in [0.1, 0.15) is 36.0 Å². The summed E-state index contributed by atoms with van der Waals surface area (Å²) in [5.41, 5.74) is 2.16. The second-order valence-electron chi connectivity index (χ2n) is 7.38. The Morgan fingerprint density at radius 2 is 2.04 bits per heavy atom. The number of nitrogens with zero attached hydrogens (tertiary/aromatic N) is 5. The molecule has 2 aromatic rings. The van der Waals surface area contributed by atoms with Gasteiger partial charge in [0, 0.05) is 39.5 Å². The number of fused-ring (bicyclic) bond motifs is 1. The summed E-state index contributed by atoms with van der Waals surface area (Å²) in [4.78, 5) is 26.1. The van der Waals surface area contributed by atoms with Crippen LogP contribution in [-0.2, 0) is 11.8 Å². The zero-order valence-electron chi connectivity index (χ0n) is 15.4. The van der Waals surface area contributed by atoms with E-state index in [0.29, 0.717) is 12.1 Å². The quantitative estimate of drug-likeness (QED) is 0.836. The van der Waals surface area contributed by atoms with Gasteiger partial charge in [0.05, 0.1) is 18.0 Å². The van der Waals surface area contributed by atoms with Gasteiger partial charge in [-0.05, 0) is 38.4 Å². The molecule has 1 atom stereocenters. The number of aromatic nitrogens is 3. The number of pyridine rings is 1. The highest BCUT2D eigenvalue weighted by atomic mass is 16.5. The number of piperidine rings is 1. The first-order valence-corrected chi connectivity index (χ1v) is 9.61. The molecule has 1 amide bonds. The smallest absolute Gasteiger partial charge is 0.255 e. The molecule has 0 radical (unpaired) electrons. The van der Waals surface area contributed by atoms with E-state index < -0.39 is 0 Å². The molecule has 0 aliphatic carbocycles. The molecule has 2 fully saturated rings. The summed E-state index contributed by atoms with van der Waals surface area (Å²) in [6.45, 7) is 5.31. The van der Waals surface area contributed by atoms with Crippen LogP contribution in [0, 0.1) is 0 Å². The minimum Gasteiger partial charge on any atom is -0.375 e. The van der Waals surface area contributed by atoms with Crippen molar-refractivity contribution in [3.05, 3.63) is 24.2 Å². The van der Waals surface area contributed by atoms with Gasteiger partial charge < -0.3 is 19.1 Å². The van der Waals surface area contributed by atoms with Gasteiger partial charge in [0.1, 0.15) is 5.52 Å². The average molecular weight is 357 g/mol. The van der Waals surface area contributed by atoms with Crippen molar-refractivity contribution in [1.29, 1.82) is 0 Å². The lowest BCUT2D eigenvalue weighted by Crippen LogP contribution is -2.43. The fourth-order valence-electron chi connectivity index (χ4n) is 3.94. The van der Waals surface area contributed by atoms with Gasteiger partial charge in [-0.25, -0.2) is 9.97 Å². The number of carbonyl (C=O) groups excluding carboxylic acids is 1. The van der Waals surface area contributed by atoms with E-state index >= 15 is 0 Å². The van der Waals surface area contributed by atoms with Crippen molar-refractivity contribution in [3.63, 3.8) is 0 Å². The Balaban J connectivity index is 1.46. The van der Waals surface area contributed by atoms with Crippen LogP contribution in [-0.4, -0.2) is 75.7 Å². The topological polar surface area (TPSA) is 63.5 Å². The Bertz CT molecular complexity index is 768. The third-order valence-corrected chi connectivity index (χ3v) is 5.35. The molecule has 0 bridgehead atoms. The number of ether oxygens (including phenoxy) is 1. The van der Waals surface area contributed by atoms with Crippen molar-refractivity contribution in [3.8, 4) is 0 Å². The highest BCUT2D eigenvalue weighted by molar-refractivity contribution is 5.96. The van der Waals surface area contributed by atoms with Gasteiger partial charge in [-0.3, -0.25) is 4.79 Å². The van der Waals surface area contributed by atoms with E-state index in [4.69, 9.17) is 4.74 Å². The predicted octanol–water partition coefficient (Wildman–Crippen LogP) is 1.69. The maximum absolute atomic E-state index is 13.0. The zero-order chi connectivity index (χ0) is 17.9. The van der Waals surface area contributed by atoms with Crippen LogP contribution in [0.2, 0.25) is 0 Å². The number of aryl methyl sites for hydroxylation is 1. The number of amides is 1. The molecule has 7 heteroatoms. The van der Waals surface area contributed by atoms with Gasteiger partial charge in [-0.1, -0.05) is 6.42 Å². The lowest BCUT2D eigenvalue weighted by atomic mass is 10.1. The van der Waals surface area contributed by atoms with Crippen molar-refractivity contribution in [2.24, 2.45) is 7.05 Å². The summed E-state index contributed by atoms with van der Waals surface area (Å²) in [6, 6.07) is 1.84. The standard InChI is InChI=1S/C19H27N5O2/c1-22-14-21-17-10-15(11-20-18(17)22)19(25)24-8-5-9-26-16(13-24)12-23-6-3-2-4-7-23/h10-11,14,16H,2-9,12-13H2,1H3. The van der Waals surface area contributed by atoms with Crippen molar-refractivity contribution in [2.75, 3.05) is 39.3 Å². The molecular formula is C19H27N5O2. The Labute approximate surface area is 153 Å². The van der Waals surface area contributed by atoms with Crippen molar-refractivity contribution in [1.82, 2.24) is 24.3 Å². The first-order valence-electron chi connectivity index (χ1n) is 9.61. The second kappa shape index (κ2) is 7.72. The summed E-state index contributed by atoms with van der Waals surface area (Å²) in [5, 5.41) is 0. The van der Waals surface area contributed by atoms with Crippen molar-refractivity contribution >= 4 is 17.1 Å². The summed E-state index contributed by atoms with van der Waals surface area (Å²) < 4.78 is 7.89. The van der Waals surface area contributed by atoms with E-state index in [1.54, 1.807) is 12.5 Å². The van der Waals surface area contributed by atoms with Crippen LogP contribution in [0.15, 0.2) is 18.6 Å². The lowest BCUT2D eigenvalue weighted by molar-refractivity contribution is 0.0216. The summed E-state index contributed by atoms with van der Waals surface area (Å²) in [7, 11) is 1.90. The van der Waals surface area contributed by atoms with Crippen LogP contribution in [0.25, 0.3) is 11.2 Å². The normalized spacial score (nSPS) is 22.5. The SMILES string of the molecule is Cn1cnc2cc(C(=O)N3CCCOC(CN4CCCCC4)C3)cnc21. The molecule has 0 N–H and O–H groups in total. The molecule has 1 unspecified atom stereocenters. The molecule has 140 valence electrons. The van der Waals surface area contributed by atoms with Gasteiger partial charge in [-0.15, -0.1) is 0 Å². The monoisotopic (exact) mass is 357 g/mol. The Morgan fingerprint density at radius 1 is 1.19 bits per heavy atom. The van der Waals surface area contributed by atoms with E-state index in [-0.39, 0.29) is 12.0 Å². The van der Waals surface area contributed by atoms with Crippen LogP contribution < -0.4 is 0 Å². The van der Waals surface area contributed by atoms with Crippen LogP contribution >= 0.6 is 0 Å². The molecule has 4 heterocycles. The molecule has 26 heavy (non-hydrogen) atoms. The first kappa shape index (κ1) is 17.4. The molecule has 0 saturated carbocycles. The Kier molecular flexibility index (Phi) is 5.17. The zero-order valence-corrected chi connectivity index (χ0v) is 15.4. The van der Waals surface area contributed by atoms with Crippen LogP contribution in [0.3, 0.4) is 0 Å². The number of carbonyl (C=O) groups is 1. The number of hydrogen-bond acceptors (Lipinski definition) is 5. The van der Waals surface area contributed by atoms with Crippen LogP contribution in [0.4, 0.5) is 0 Å². The van der Waals surface area contributed by atoms with Gasteiger partial charge in [0.2, 0.25) is 0 Å². The Hall–Kier alpha value is -1.99. The molecule has 0 spiro atoms. The largest absolute Gasteiger partial charge is 0.375 e. The minimum atomic E-state index is 0.0270. The van der Waals surface area contributed by atoms with Gasteiger partial charge >= 0.3 is 0 Å². The number of likely N-dealkylation sites (tertiary alicyclic amines) is 1. The van der Waals surface area contributed by atoms with Gasteiger partial charge in [-0.2, -0.15) is 0 Å². The minimum absolute atomic E-state index is 0.0270. The molecule has 2 aliphatic heterocycles. The number of imidazole rings is 1. The van der Waals surface area contributed by atoms with Crippen molar-refractivity contribution < 1.29 is 9.53 Å². The maximum atomic E-state index is 13.0. The molecule has 0 aromatic carbocycles. The Morgan fingerprint density at radius 3 is 2.88 bits per heavy atom. The molecule has 2 aliphatic rings. The van der Waals surface area contributed by atoms with Crippen molar-refractivity contribution in [2.45, 2.75) is 31.8 Å². The molecule has 4 rings (SSSR count). The summed E-state index contributed by atoms with van der Waals surface area (Å²) >= 11 is 0. The van der Waals surface area contributed by atoms with Gasteiger partial charge in [0.15, 0.2) is 5.65 Å². The molecular weight excluding hydrogens is 330 g/mol. The highest BCUT2D eigenvalue weighted by Gasteiger charge is 2.26. The van der Waals surface area contributed by atoms with E-state index in [2.05, 4.69) is 14.9 Å². The summed E-state index contributed by atoms with van der Waals surface area (Å²) in [6.07, 6.45) is 8.22. The van der Waals surface area contributed by atoms with E-state index in [1.165, 1.54) is 19.3 Å². The average Bonchev–Trinajstić information content (AvgIpc) is 2.89. The first-order chi connectivity index (χ1) is 12.7. The van der Waals surface area contributed by atoms with E-state index in [0.717, 1.165) is 50.4 Å². The van der Waals surface area contributed by atoms with E-state index in [1.807, 2.05) is 22.6 Å². The maximum Gasteiger partial charge on any atom is 0.255 e.